The normalized spacial score (nSPS) is 24.8. The van der Waals surface area contributed by atoms with Gasteiger partial charge in [0.1, 0.15) is 0 Å². The van der Waals surface area contributed by atoms with Crippen LogP contribution in [0.5, 0.6) is 0 Å². The molecule has 0 saturated carbocycles. The highest BCUT2D eigenvalue weighted by molar-refractivity contribution is 7.89. The molecule has 1 heterocycles. The van der Waals surface area contributed by atoms with Crippen LogP contribution < -0.4 is 4.72 Å². The van der Waals surface area contributed by atoms with E-state index >= 15 is 0 Å². The van der Waals surface area contributed by atoms with Crippen molar-refractivity contribution in [2.75, 3.05) is 6.61 Å². The van der Waals surface area contributed by atoms with E-state index in [0.717, 1.165) is 0 Å². The molecule has 1 aromatic rings. The van der Waals surface area contributed by atoms with E-state index in [-0.39, 0.29) is 17.0 Å². The third kappa shape index (κ3) is 3.38. The number of nitrogens with one attached hydrogen (secondary N) is 1. The number of rotatable bonds is 5. The maximum atomic E-state index is 12.3. The van der Waals surface area contributed by atoms with Crippen molar-refractivity contribution in [3.63, 3.8) is 0 Å². The van der Waals surface area contributed by atoms with Gasteiger partial charge >= 0.3 is 0 Å². The molecule has 1 saturated heterocycles. The molecule has 20 heavy (non-hydrogen) atoms. The molecular formula is C14H21NO4S. The van der Waals surface area contributed by atoms with Crippen molar-refractivity contribution in [1.82, 2.24) is 4.72 Å². The molecule has 2 rings (SSSR count). The molecule has 0 spiro atoms. The SMILES string of the molecule is CCC(O)c1cccc(S(=O)(=O)NC2CCOC2C)c1. The van der Waals surface area contributed by atoms with Crippen molar-refractivity contribution in [1.29, 1.82) is 0 Å². The van der Waals surface area contributed by atoms with Crippen LogP contribution in [-0.2, 0) is 14.8 Å². The van der Waals surface area contributed by atoms with Gasteiger partial charge in [-0.1, -0.05) is 19.1 Å². The Morgan fingerprint density at radius 3 is 2.85 bits per heavy atom. The minimum Gasteiger partial charge on any atom is -0.388 e. The zero-order valence-corrected chi connectivity index (χ0v) is 12.6. The van der Waals surface area contributed by atoms with Gasteiger partial charge in [-0.3, -0.25) is 0 Å². The molecule has 1 fully saturated rings. The first-order valence-corrected chi connectivity index (χ1v) is 8.34. The van der Waals surface area contributed by atoms with Crippen LogP contribution >= 0.6 is 0 Å². The largest absolute Gasteiger partial charge is 0.388 e. The maximum Gasteiger partial charge on any atom is 0.240 e. The summed E-state index contributed by atoms with van der Waals surface area (Å²) >= 11 is 0. The number of aliphatic hydroxyl groups is 1. The predicted molar refractivity (Wildman–Crippen MR) is 75.8 cm³/mol. The lowest BCUT2D eigenvalue weighted by molar-refractivity contribution is 0.117. The molecule has 1 aliphatic heterocycles. The summed E-state index contributed by atoms with van der Waals surface area (Å²) in [4.78, 5) is 0.182. The van der Waals surface area contributed by atoms with E-state index in [2.05, 4.69) is 4.72 Å². The smallest absolute Gasteiger partial charge is 0.240 e. The van der Waals surface area contributed by atoms with Gasteiger partial charge in [0.05, 0.1) is 23.1 Å². The van der Waals surface area contributed by atoms with Crippen LogP contribution in [0.1, 0.15) is 38.4 Å². The van der Waals surface area contributed by atoms with Crippen LogP contribution in [-0.4, -0.2) is 32.3 Å². The first-order valence-electron chi connectivity index (χ1n) is 6.86. The topological polar surface area (TPSA) is 75.6 Å². The second-order valence-electron chi connectivity index (χ2n) is 5.09. The molecule has 1 aliphatic rings. The van der Waals surface area contributed by atoms with Crippen molar-refractivity contribution in [2.45, 2.75) is 49.8 Å². The molecule has 1 aromatic carbocycles. The summed E-state index contributed by atoms with van der Waals surface area (Å²) in [7, 11) is -3.58. The molecule has 0 radical (unpaired) electrons. The van der Waals surface area contributed by atoms with Crippen LogP contribution in [0.2, 0.25) is 0 Å². The van der Waals surface area contributed by atoms with E-state index in [4.69, 9.17) is 4.74 Å². The average molecular weight is 299 g/mol. The average Bonchev–Trinajstić information content (AvgIpc) is 2.83. The van der Waals surface area contributed by atoms with Gasteiger partial charge in [-0.2, -0.15) is 0 Å². The molecular weight excluding hydrogens is 278 g/mol. The number of sulfonamides is 1. The van der Waals surface area contributed by atoms with Crippen LogP contribution in [0.3, 0.4) is 0 Å². The summed E-state index contributed by atoms with van der Waals surface area (Å²) in [5, 5.41) is 9.81. The molecule has 0 amide bonds. The predicted octanol–water partition coefficient (Wildman–Crippen LogP) is 1.59. The van der Waals surface area contributed by atoms with Gasteiger partial charge < -0.3 is 9.84 Å². The van der Waals surface area contributed by atoms with Crippen LogP contribution in [0.25, 0.3) is 0 Å². The molecule has 5 nitrogen and oxygen atoms in total. The second-order valence-corrected chi connectivity index (χ2v) is 6.80. The molecule has 3 atom stereocenters. The van der Waals surface area contributed by atoms with Crippen molar-refractivity contribution in [3.8, 4) is 0 Å². The van der Waals surface area contributed by atoms with Gasteiger partial charge in [0.25, 0.3) is 0 Å². The van der Waals surface area contributed by atoms with Gasteiger partial charge in [-0.05, 0) is 37.5 Å². The van der Waals surface area contributed by atoms with Gasteiger partial charge in [-0.15, -0.1) is 0 Å². The van der Waals surface area contributed by atoms with Crippen molar-refractivity contribution in [2.24, 2.45) is 0 Å². The Bertz CT molecular complexity index is 558. The van der Waals surface area contributed by atoms with Crippen LogP contribution in [0.4, 0.5) is 0 Å². The molecule has 0 aromatic heterocycles. The molecule has 112 valence electrons. The van der Waals surface area contributed by atoms with E-state index in [0.29, 0.717) is 25.0 Å². The van der Waals surface area contributed by atoms with Crippen molar-refractivity contribution in [3.05, 3.63) is 29.8 Å². The third-order valence-corrected chi connectivity index (χ3v) is 5.11. The summed E-state index contributed by atoms with van der Waals surface area (Å²) in [5.41, 5.74) is 0.617. The molecule has 2 N–H and O–H groups in total. The zero-order valence-electron chi connectivity index (χ0n) is 11.7. The Labute approximate surface area is 120 Å². The number of hydrogen-bond donors (Lipinski definition) is 2. The minimum atomic E-state index is -3.58. The highest BCUT2D eigenvalue weighted by Crippen LogP contribution is 2.21. The first kappa shape index (κ1) is 15.4. The number of aliphatic hydroxyl groups excluding tert-OH is 1. The summed E-state index contributed by atoms with van der Waals surface area (Å²) in [5.74, 6) is 0. The fourth-order valence-electron chi connectivity index (χ4n) is 2.28. The Morgan fingerprint density at radius 1 is 1.50 bits per heavy atom. The fourth-order valence-corrected chi connectivity index (χ4v) is 3.67. The number of ether oxygens (including phenoxy) is 1. The summed E-state index contributed by atoms with van der Waals surface area (Å²) in [6, 6.07) is 6.25. The Morgan fingerprint density at radius 2 is 2.25 bits per heavy atom. The highest BCUT2D eigenvalue weighted by Gasteiger charge is 2.29. The Balaban J connectivity index is 2.21. The summed E-state index contributed by atoms with van der Waals surface area (Å²) in [6.45, 7) is 4.28. The number of hydrogen-bond acceptors (Lipinski definition) is 4. The van der Waals surface area contributed by atoms with Crippen LogP contribution in [0.15, 0.2) is 29.2 Å². The monoisotopic (exact) mass is 299 g/mol. The second kappa shape index (κ2) is 6.22. The first-order chi connectivity index (χ1) is 9.44. The van der Waals surface area contributed by atoms with Crippen molar-refractivity contribution >= 4 is 10.0 Å². The van der Waals surface area contributed by atoms with Gasteiger partial charge in [-0.25, -0.2) is 13.1 Å². The number of benzene rings is 1. The molecule has 0 aliphatic carbocycles. The minimum absolute atomic E-state index is 0.116. The molecule has 3 unspecified atom stereocenters. The fraction of sp³-hybridized carbons (Fsp3) is 0.571. The molecule has 6 heteroatoms. The lowest BCUT2D eigenvalue weighted by atomic mass is 10.1. The van der Waals surface area contributed by atoms with Crippen molar-refractivity contribution < 1.29 is 18.3 Å². The van der Waals surface area contributed by atoms with Gasteiger partial charge in [0, 0.05) is 6.61 Å². The zero-order chi connectivity index (χ0) is 14.8. The van der Waals surface area contributed by atoms with Crippen LogP contribution in [0, 0.1) is 0 Å². The lowest BCUT2D eigenvalue weighted by Gasteiger charge is -2.17. The molecule has 0 bridgehead atoms. The summed E-state index contributed by atoms with van der Waals surface area (Å²) < 4.78 is 32.7. The highest BCUT2D eigenvalue weighted by atomic mass is 32.2. The Hall–Kier alpha value is -0.950. The standard InChI is InChI=1S/C14H21NO4S/c1-3-14(16)11-5-4-6-12(9-11)20(17,18)15-13-7-8-19-10(13)2/h4-6,9-10,13-16H,3,7-8H2,1-2H3. The lowest BCUT2D eigenvalue weighted by Crippen LogP contribution is -2.39. The van der Waals surface area contributed by atoms with E-state index in [1.807, 2.05) is 13.8 Å². The van der Waals surface area contributed by atoms with E-state index in [9.17, 15) is 13.5 Å². The van der Waals surface area contributed by atoms with E-state index in [1.54, 1.807) is 12.1 Å². The van der Waals surface area contributed by atoms with E-state index < -0.39 is 16.1 Å². The maximum absolute atomic E-state index is 12.3. The third-order valence-electron chi connectivity index (χ3n) is 3.62. The summed E-state index contributed by atoms with van der Waals surface area (Å²) in [6.07, 6.45) is 0.468. The van der Waals surface area contributed by atoms with E-state index in [1.165, 1.54) is 12.1 Å². The van der Waals surface area contributed by atoms with Gasteiger partial charge in [0.15, 0.2) is 0 Å². The quantitative estimate of drug-likeness (QED) is 0.865. The van der Waals surface area contributed by atoms with Gasteiger partial charge in [0.2, 0.25) is 10.0 Å². The Kier molecular flexibility index (Phi) is 4.80.